The summed E-state index contributed by atoms with van der Waals surface area (Å²) in [6, 6.07) is 0. The molecule has 3 aliphatic rings. The highest BCUT2D eigenvalue weighted by Crippen LogP contribution is 2.60. The standard InChI is InChI=1S/C14H16F2O9S/c1-6(5-23-12(19)14(15,16)26(20,21)22)10(17)24-13-4-7-2-8(9(13)3-7)11(18)25-13/h6-9H,2-5H2,1H3,(H,20,21,22). The van der Waals surface area contributed by atoms with Crippen LogP contribution in [0.2, 0.25) is 0 Å². The minimum atomic E-state index is -5.99. The average Bonchev–Trinajstić information content (AvgIpc) is 3.11. The van der Waals surface area contributed by atoms with Crippen LogP contribution < -0.4 is 0 Å². The van der Waals surface area contributed by atoms with Crippen LogP contribution in [0.1, 0.15) is 26.2 Å². The van der Waals surface area contributed by atoms with Gasteiger partial charge >= 0.3 is 33.3 Å². The molecule has 12 heteroatoms. The molecule has 0 spiro atoms. The fourth-order valence-corrected chi connectivity index (χ4v) is 4.11. The quantitative estimate of drug-likeness (QED) is 0.501. The molecule has 0 radical (unpaired) electrons. The molecule has 3 rings (SSSR count). The lowest BCUT2D eigenvalue weighted by atomic mass is 9.87. The van der Waals surface area contributed by atoms with E-state index in [2.05, 4.69) is 4.74 Å². The van der Waals surface area contributed by atoms with Crippen molar-refractivity contribution in [3.05, 3.63) is 0 Å². The molecule has 0 aromatic heterocycles. The summed E-state index contributed by atoms with van der Waals surface area (Å²) in [5.74, 6) is -6.83. The molecule has 5 unspecified atom stereocenters. The van der Waals surface area contributed by atoms with E-state index in [9.17, 15) is 31.6 Å². The molecule has 0 aromatic carbocycles. The molecule has 26 heavy (non-hydrogen) atoms. The Bertz CT molecular complexity index is 764. The molecular formula is C14H16F2O9S. The molecular weight excluding hydrogens is 382 g/mol. The van der Waals surface area contributed by atoms with Crippen molar-refractivity contribution in [3.8, 4) is 0 Å². The average molecular weight is 398 g/mol. The molecule has 146 valence electrons. The lowest BCUT2D eigenvalue weighted by molar-refractivity contribution is -0.226. The monoisotopic (exact) mass is 398 g/mol. The fourth-order valence-electron chi connectivity index (χ4n) is 3.84. The molecule has 2 saturated carbocycles. The van der Waals surface area contributed by atoms with Crippen molar-refractivity contribution in [1.29, 1.82) is 0 Å². The smallest absolute Gasteiger partial charge is 0.459 e. The second-order valence-electron chi connectivity index (χ2n) is 6.90. The Morgan fingerprint density at radius 3 is 2.65 bits per heavy atom. The van der Waals surface area contributed by atoms with Crippen LogP contribution in [0.3, 0.4) is 0 Å². The molecule has 9 nitrogen and oxygen atoms in total. The third-order valence-electron chi connectivity index (χ3n) is 5.08. The summed E-state index contributed by atoms with van der Waals surface area (Å²) < 4.78 is 70.1. The fraction of sp³-hybridized carbons (Fsp3) is 0.786. The number of hydrogen-bond donors (Lipinski definition) is 1. The van der Waals surface area contributed by atoms with Gasteiger partial charge in [-0.2, -0.15) is 17.2 Å². The first-order valence-electron chi connectivity index (χ1n) is 7.85. The Morgan fingerprint density at radius 2 is 2.08 bits per heavy atom. The molecule has 1 heterocycles. The van der Waals surface area contributed by atoms with Gasteiger partial charge in [-0.3, -0.25) is 14.1 Å². The third kappa shape index (κ3) is 2.84. The summed E-state index contributed by atoms with van der Waals surface area (Å²) in [6.07, 6.45) is 1.73. The van der Waals surface area contributed by atoms with Crippen molar-refractivity contribution < 1.29 is 50.3 Å². The SMILES string of the molecule is CC(COC(=O)C(F)(F)S(=O)(=O)O)C(=O)OC12CC3CC(C(=O)O1)C2C3. The van der Waals surface area contributed by atoms with Gasteiger partial charge in [-0.1, -0.05) is 0 Å². The summed E-state index contributed by atoms with van der Waals surface area (Å²) in [5, 5.41) is -5.14. The van der Waals surface area contributed by atoms with E-state index in [1.807, 2.05) is 0 Å². The predicted octanol–water partition coefficient (Wildman–Crippen LogP) is 0.489. The highest BCUT2D eigenvalue weighted by Gasteiger charge is 2.68. The van der Waals surface area contributed by atoms with Gasteiger partial charge in [-0.25, -0.2) is 4.79 Å². The maximum absolute atomic E-state index is 13.1. The maximum Gasteiger partial charge on any atom is 0.465 e. The number of carbonyl (C=O) groups excluding carboxylic acids is 3. The summed E-state index contributed by atoms with van der Waals surface area (Å²) in [5.41, 5.74) is 0. The summed E-state index contributed by atoms with van der Waals surface area (Å²) in [6.45, 7) is 0.309. The van der Waals surface area contributed by atoms with E-state index in [1.54, 1.807) is 0 Å². The first kappa shape index (κ1) is 19.0. The summed E-state index contributed by atoms with van der Waals surface area (Å²) in [4.78, 5) is 35.1. The zero-order chi connectivity index (χ0) is 19.5. The highest BCUT2D eigenvalue weighted by atomic mass is 32.2. The van der Waals surface area contributed by atoms with Crippen LogP contribution in [0.4, 0.5) is 8.78 Å². The molecule has 1 saturated heterocycles. The van der Waals surface area contributed by atoms with Gasteiger partial charge in [0.05, 0.1) is 17.8 Å². The molecule has 0 amide bonds. The zero-order valence-electron chi connectivity index (χ0n) is 13.5. The van der Waals surface area contributed by atoms with Crippen molar-refractivity contribution in [2.75, 3.05) is 6.61 Å². The normalized spacial score (nSPS) is 33.7. The lowest BCUT2D eigenvalue weighted by Crippen LogP contribution is -2.42. The predicted molar refractivity (Wildman–Crippen MR) is 75.9 cm³/mol. The molecule has 0 aromatic rings. The van der Waals surface area contributed by atoms with Crippen molar-refractivity contribution in [3.63, 3.8) is 0 Å². The zero-order valence-corrected chi connectivity index (χ0v) is 14.3. The molecule has 2 aliphatic carbocycles. The number of hydrogen-bond acceptors (Lipinski definition) is 8. The molecule has 1 aliphatic heterocycles. The minimum absolute atomic E-state index is 0.200. The van der Waals surface area contributed by atoms with Crippen LogP contribution in [0.25, 0.3) is 0 Å². The van der Waals surface area contributed by atoms with Crippen LogP contribution in [0.15, 0.2) is 0 Å². The van der Waals surface area contributed by atoms with E-state index in [4.69, 9.17) is 14.0 Å². The van der Waals surface area contributed by atoms with E-state index in [0.29, 0.717) is 19.3 Å². The van der Waals surface area contributed by atoms with Gasteiger partial charge in [0.15, 0.2) is 0 Å². The first-order chi connectivity index (χ1) is 11.9. The van der Waals surface area contributed by atoms with E-state index in [-0.39, 0.29) is 17.8 Å². The van der Waals surface area contributed by atoms with Crippen LogP contribution >= 0.6 is 0 Å². The summed E-state index contributed by atoms with van der Waals surface area (Å²) >= 11 is 0. The van der Waals surface area contributed by atoms with Crippen LogP contribution in [-0.4, -0.2) is 48.5 Å². The van der Waals surface area contributed by atoms with Gasteiger partial charge < -0.3 is 14.2 Å². The summed E-state index contributed by atoms with van der Waals surface area (Å²) in [7, 11) is -5.99. The molecule has 3 fully saturated rings. The number of ether oxygens (including phenoxy) is 3. The van der Waals surface area contributed by atoms with E-state index < -0.39 is 51.6 Å². The van der Waals surface area contributed by atoms with Gasteiger partial charge in [-0.05, 0) is 25.7 Å². The Balaban J connectivity index is 1.58. The van der Waals surface area contributed by atoms with Crippen molar-refractivity contribution in [2.24, 2.45) is 23.7 Å². The Kier molecular flexibility index (Phi) is 4.26. The van der Waals surface area contributed by atoms with Gasteiger partial charge in [-0.15, -0.1) is 0 Å². The van der Waals surface area contributed by atoms with E-state index in [1.165, 1.54) is 6.92 Å². The van der Waals surface area contributed by atoms with Crippen molar-refractivity contribution in [1.82, 2.24) is 0 Å². The Hall–Kier alpha value is -1.82. The maximum atomic E-state index is 13.1. The van der Waals surface area contributed by atoms with Gasteiger partial charge in [0.2, 0.25) is 0 Å². The van der Waals surface area contributed by atoms with E-state index in [0.717, 1.165) is 0 Å². The Morgan fingerprint density at radius 1 is 1.42 bits per heavy atom. The highest BCUT2D eigenvalue weighted by molar-refractivity contribution is 7.87. The number of esters is 3. The minimum Gasteiger partial charge on any atom is -0.459 e. The van der Waals surface area contributed by atoms with Crippen LogP contribution in [-0.2, 0) is 38.7 Å². The van der Waals surface area contributed by atoms with Crippen molar-refractivity contribution in [2.45, 2.75) is 37.2 Å². The molecule has 2 bridgehead atoms. The topological polar surface area (TPSA) is 133 Å². The second-order valence-corrected chi connectivity index (χ2v) is 8.36. The van der Waals surface area contributed by atoms with Crippen LogP contribution in [0, 0.1) is 23.7 Å². The number of rotatable bonds is 6. The number of fused-ring (bicyclic) bond motifs is 1. The van der Waals surface area contributed by atoms with Gasteiger partial charge in [0, 0.05) is 6.42 Å². The molecule has 5 atom stereocenters. The van der Waals surface area contributed by atoms with E-state index >= 15 is 0 Å². The van der Waals surface area contributed by atoms with Crippen LogP contribution in [0.5, 0.6) is 0 Å². The number of halogens is 2. The molecule has 1 N–H and O–H groups in total. The Labute approximate surface area is 146 Å². The van der Waals surface area contributed by atoms with Gasteiger partial charge in [0.25, 0.3) is 5.79 Å². The van der Waals surface area contributed by atoms with Crippen molar-refractivity contribution >= 4 is 28.0 Å². The first-order valence-corrected chi connectivity index (χ1v) is 9.29. The second kappa shape index (κ2) is 5.84. The largest absolute Gasteiger partial charge is 0.465 e. The third-order valence-corrected chi connectivity index (χ3v) is 5.89. The number of alkyl halides is 2. The van der Waals surface area contributed by atoms with Gasteiger partial charge in [0.1, 0.15) is 6.61 Å². The lowest BCUT2D eigenvalue weighted by Gasteiger charge is -2.30. The number of carbonyl (C=O) groups is 3.